The molecule has 4 rings (SSSR count). The minimum atomic E-state index is -3.69. The number of hydrogen-bond acceptors (Lipinski definition) is 4. The van der Waals surface area contributed by atoms with Gasteiger partial charge in [0.1, 0.15) is 0 Å². The lowest BCUT2D eigenvalue weighted by molar-refractivity contribution is 0.0680. The molecule has 0 spiro atoms. The van der Waals surface area contributed by atoms with Crippen LogP contribution in [0.4, 0.5) is 5.69 Å². The molecule has 2 bridgehead atoms. The van der Waals surface area contributed by atoms with E-state index < -0.39 is 10.0 Å². The predicted molar refractivity (Wildman–Crippen MR) is 116 cm³/mol. The fourth-order valence-corrected chi connectivity index (χ4v) is 5.13. The van der Waals surface area contributed by atoms with Gasteiger partial charge in [0.25, 0.3) is 15.9 Å². The minimum absolute atomic E-state index is 0. The van der Waals surface area contributed by atoms with E-state index in [4.69, 9.17) is 0 Å². The van der Waals surface area contributed by atoms with Crippen LogP contribution in [0.3, 0.4) is 0 Å². The minimum Gasteiger partial charge on any atom is -0.331 e. The van der Waals surface area contributed by atoms with Crippen molar-refractivity contribution in [3.05, 3.63) is 59.7 Å². The van der Waals surface area contributed by atoms with E-state index in [9.17, 15) is 13.2 Å². The highest BCUT2D eigenvalue weighted by Gasteiger charge is 2.38. The number of sulfonamides is 1. The molecular weight excluding hydrogens is 410 g/mol. The molecule has 0 aliphatic carbocycles. The third-order valence-electron chi connectivity index (χ3n) is 5.60. The summed E-state index contributed by atoms with van der Waals surface area (Å²) in [5, 5.41) is 3.39. The highest BCUT2D eigenvalue weighted by molar-refractivity contribution is 7.92. The molecule has 2 N–H and O–H groups in total. The van der Waals surface area contributed by atoms with Crippen molar-refractivity contribution in [2.24, 2.45) is 0 Å². The third-order valence-corrected chi connectivity index (χ3v) is 7.00. The van der Waals surface area contributed by atoms with Gasteiger partial charge in [-0.2, -0.15) is 0 Å². The Bertz CT molecular complexity index is 948. The molecule has 2 saturated heterocycles. The third kappa shape index (κ3) is 4.57. The van der Waals surface area contributed by atoms with E-state index in [1.165, 1.54) is 12.1 Å². The van der Waals surface area contributed by atoms with Gasteiger partial charge < -0.3 is 10.2 Å². The van der Waals surface area contributed by atoms with E-state index in [0.717, 1.165) is 37.9 Å². The zero-order chi connectivity index (χ0) is 19.7. The first-order chi connectivity index (χ1) is 13.4. The number of nitrogens with zero attached hydrogens (tertiary/aromatic N) is 1. The highest BCUT2D eigenvalue weighted by Crippen LogP contribution is 2.30. The Kier molecular flexibility index (Phi) is 6.51. The Morgan fingerprint density at radius 3 is 2.34 bits per heavy atom. The summed E-state index contributed by atoms with van der Waals surface area (Å²) in [6.07, 6.45) is 3.04. The lowest BCUT2D eigenvalue weighted by Gasteiger charge is -2.28. The molecule has 29 heavy (non-hydrogen) atoms. The number of hydrogen-bond donors (Lipinski definition) is 2. The number of nitrogens with one attached hydrogen (secondary N) is 2. The quantitative estimate of drug-likeness (QED) is 0.773. The van der Waals surface area contributed by atoms with E-state index >= 15 is 0 Å². The molecule has 2 aliphatic rings. The monoisotopic (exact) mass is 435 g/mol. The Morgan fingerprint density at radius 2 is 1.66 bits per heavy atom. The van der Waals surface area contributed by atoms with Crippen LogP contribution in [0, 0.1) is 6.92 Å². The normalized spacial score (nSPS) is 21.2. The molecule has 6 nitrogen and oxygen atoms in total. The number of carbonyl (C=O) groups is 1. The number of fused-ring (bicyclic) bond motifs is 2. The van der Waals surface area contributed by atoms with Gasteiger partial charge in [0.05, 0.1) is 4.90 Å². The number of rotatable bonds is 4. The van der Waals surface area contributed by atoms with Gasteiger partial charge in [0.15, 0.2) is 0 Å². The Morgan fingerprint density at radius 1 is 1.00 bits per heavy atom. The maximum atomic E-state index is 13.0. The van der Waals surface area contributed by atoms with Crippen molar-refractivity contribution in [1.29, 1.82) is 0 Å². The summed E-state index contributed by atoms with van der Waals surface area (Å²) in [7, 11) is -3.69. The molecule has 2 heterocycles. The van der Waals surface area contributed by atoms with Crippen molar-refractivity contribution >= 4 is 34.0 Å². The largest absolute Gasteiger partial charge is 0.331 e. The highest BCUT2D eigenvalue weighted by atomic mass is 35.5. The van der Waals surface area contributed by atoms with Gasteiger partial charge in [-0.1, -0.05) is 17.7 Å². The molecule has 156 valence electrons. The summed E-state index contributed by atoms with van der Waals surface area (Å²) in [5.74, 6) is -0.00774. The molecule has 2 atom stereocenters. The summed E-state index contributed by atoms with van der Waals surface area (Å²) in [5.41, 5.74) is 2.11. The van der Waals surface area contributed by atoms with Crippen LogP contribution in [-0.4, -0.2) is 44.4 Å². The molecular formula is C21H26ClN3O3S. The van der Waals surface area contributed by atoms with Crippen LogP contribution in [0.1, 0.15) is 35.2 Å². The molecule has 2 aromatic carbocycles. The van der Waals surface area contributed by atoms with Crippen LogP contribution < -0.4 is 10.0 Å². The Hall–Kier alpha value is -2.09. The Labute approximate surface area is 178 Å². The first-order valence-corrected chi connectivity index (χ1v) is 11.2. The topological polar surface area (TPSA) is 78.5 Å². The number of amides is 1. The van der Waals surface area contributed by atoms with E-state index in [0.29, 0.717) is 11.3 Å². The summed E-state index contributed by atoms with van der Waals surface area (Å²) in [6.45, 7) is 3.71. The number of aryl methyl sites for hydroxylation is 1. The Balaban J connectivity index is 0.00000240. The van der Waals surface area contributed by atoms with E-state index in [-0.39, 0.29) is 35.3 Å². The molecule has 1 amide bonds. The van der Waals surface area contributed by atoms with Crippen LogP contribution in [0.15, 0.2) is 53.4 Å². The smallest absolute Gasteiger partial charge is 0.261 e. The van der Waals surface area contributed by atoms with Crippen LogP contribution in [0.25, 0.3) is 0 Å². The van der Waals surface area contributed by atoms with E-state index in [1.807, 2.05) is 24.0 Å². The zero-order valence-corrected chi connectivity index (χ0v) is 17.9. The lowest BCUT2D eigenvalue weighted by Crippen LogP contribution is -2.42. The van der Waals surface area contributed by atoms with E-state index in [1.54, 1.807) is 24.3 Å². The van der Waals surface area contributed by atoms with Crippen LogP contribution >= 0.6 is 12.4 Å². The van der Waals surface area contributed by atoms with Crippen LogP contribution in [0.5, 0.6) is 0 Å². The molecule has 0 saturated carbocycles. The maximum Gasteiger partial charge on any atom is 0.261 e. The molecule has 2 fully saturated rings. The SMILES string of the molecule is Cc1ccc(NS(=O)(=O)c2ccc(C(=O)N3C4CCNCC3CC4)cc2)cc1.Cl. The van der Waals surface area contributed by atoms with Crippen molar-refractivity contribution in [2.75, 3.05) is 17.8 Å². The van der Waals surface area contributed by atoms with Crippen molar-refractivity contribution in [2.45, 2.75) is 43.2 Å². The van der Waals surface area contributed by atoms with E-state index in [2.05, 4.69) is 10.0 Å². The second-order valence-corrected chi connectivity index (χ2v) is 9.27. The maximum absolute atomic E-state index is 13.0. The van der Waals surface area contributed by atoms with Crippen molar-refractivity contribution in [3.63, 3.8) is 0 Å². The molecule has 2 aromatic rings. The summed E-state index contributed by atoms with van der Waals surface area (Å²) in [6, 6.07) is 13.9. The van der Waals surface area contributed by atoms with Crippen LogP contribution in [-0.2, 0) is 10.0 Å². The number of anilines is 1. The first-order valence-electron chi connectivity index (χ1n) is 9.67. The van der Waals surface area contributed by atoms with Crippen LogP contribution in [0.2, 0.25) is 0 Å². The molecule has 0 radical (unpaired) electrons. The standard InChI is InChI=1S/C21H25N3O3S.ClH/c1-15-2-6-17(7-3-15)23-28(26,27)20-10-4-16(5-11-20)21(25)24-18-8-9-19(24)14-22-13-12-18;/h2-7,10-11,18-19,22-23H,8-9,12-14H2,1H3;1H. The van der Waals surface area contributed by atoms with Gasteiger partial charge in [-0.05, 0) is 69.1 Å². The predicted octanol–water partition coefficient (Wildman–Crippen LogP) is 3.18. The second kappa shape index (κ2) is 8.73. The van der Waals surface area contributed by atoms with Crippen molar-refractivity contribution in [3.8, 4) is 0 Å². The van der Waals surface area contributed by atoms with Gasteiger partial charge in [-0.3, -0.25) is 9.52 Å². The van der Waals surface area contributed by atoms with Gasteiger partial charge >= 0.3 is 0 Å². The van der Waals surface area contributed by atoms with Crippen molar-refractivity contribution in [1.82, 2.24) is 10.2 Å². The number of halogens is 1. The number of benzene rings is 2. The number of carbonyl (C=O) groups excluding carboxylic acids is 1. The average molecular weight is 436 g/mol. The summed E-state index contributed by atoms with van der Waals surface area (Å²) < 4.78 is 27.8. The average Bonchev–Trinajstić information content (AvgIpc) is 2.95. The molecule has 8 heteroatoms. The fraction of sp³-hybridized carbons (Fsp3) is 0.381. The summed E-state index contributed by atoms with van der Waals surface area (Å²) in [4.78, 5) is 15.2. The van der Waals surface area contributed by atoms with Gasteiger partial charge in [-0.25, -0.2) is 8.42 Å². The summed E-state index contributed by atoms with van der Waals surface area (Å²) >= 11 is 0. The molecule has 2 unspecified atom stereocenters. The molecule has 0 aromatic heterocycles. The van der Waals surface area contributed by atoms with Crippen molar-refractivity contribution < 1.29 is 13.2 Å². The lowest BCUT2D eigenvalue weighted by atomic mass is 10.1. The fourth-order valence-electron chi connectivity index (χ4n) is 4.08. The zero-order valence-electron chi connectivity index (χ0n) is 16.3. The first kappa shape index (κ1) is 21.6. The molecule has 2 aliphatic heterocycles. The van der Waals surface area contributed by atoms with Gasteiger partial charge in [-0.15, -0.1) is 12.4 Å². The second-order valence-electron chi connectivity index (χ2n) is 7.59. The van der Waals surface area contributed by atoms with Gasteiger partial charge in [0.2, 0.25) is 0 Å². The van der Waals surface area contributed by atoms with Gasteiger partial charge in [0, 0.05) is 29.9 Å².